The van der Waals surface area contributed by atoms with Gasteiger partial charge in [0.05, 0.1) is 0 Å². The quantitative estimate of drug-likeness (QED) is 0.750. The molecule has 1 rings (SSSR count). The van der Waals surface area contributed by atoms with Gasteiger partial charge in [0.25, 0.3) is 5.91 Å². The summed E-state index contributed by atoms with van der Waals surface area (Å²) in [5.41, 5.74) is 1.00. The third kappa shape index (κ3) is 6.35. The van der Waals surface area contributed by atoms with Gasteiger partial charge in [-0.25, -0.2) is 0 Å². The number of benzene rings is 1. The minimum absolute atomic E-state index is 0.129. The zero-order chi connectivity index (χ0) is 16.0. The van der Waals surface area contributed by atoms with Crippen LogP contribution in [-0.4, -0.2) is 22.5 Å². The molecular formula is C15H21N3O2S. The highest BCUT2D eigenvalue weighted by Gasteiger charge is 2.15. The van der Waals surface area contributed by atoms with Crippen LogP contribution in [0.25, 0.3) is 0 Å². The molecule has 5 nitrogen and oxygen atoms in total. The van der Waals surface area contributed by atoms with Gasteiger partial charge in [0.2, 0.25) is 5.91 Å². The number of carbonyl (C=O) groups is 2. The monoisotopic (exact) mass is 307 g/mol. The molecule has 0 heterocycles. The van der Waals surface area contributed by atoms with Crippen LogP contribution < -0.4 is 16.0 Å². The molecule has 0 fully saturated rings. The van der Waals surface area contributed by atoms with E-state index in [1.165, 1.54) is 0 Å². The fourth-order valence-electron chi connectivity index (χ4n) is 1.50. The molecule has 1 aromatic carbocycles. The van der Waals surface area contributed by atoms with Gasteiger partial charge in [0, 0.05) is 23.2 Å². The predicted octanol–water partition coefficient (Wildman–Crippen LogP) is 2.44. The Labute approximate surface area is 130 Å². The maximum absolute atomic E-state index is 12.0. The van der Waals surface area contributed by atoms with Gasteiger partial charge >= 0.3 is 0 Å². The SMILES string of the molecule is CCC(=O)NC(=S)Nc1ccc(C(=O)NC(C)(C)C)cc1. The highest BCUT2D eigenvalue weighted by Crippen LogP contribution is 2.11. The topological polar surface area (TPSA) is 70.2 Å². The number of hydrogen-bond donors (Lipinski definition) is 3. The second-order valence-corrected chi connectivity index (χ2v) is 6.05. The third-order valence-corrected chi connectivity index (χ3v) is 2.67. The molecule has 0 aliphatic carbocycles. The maximum atomic E-state index is 12.0. The zero-order valence-corrected chi connectivity index (χ0v) is 13.6. The first-order valence-electron chi connectivity index (χ1n) is 6.74. The summed E-state index contributed by atoms with van der Waals surface area (Å²) in [6.45, 7) is 7.53. The van der Waals surface area contributed by atoms with Crippen LogP contribution in [0, 0.1) is 0 Å². The van der Waals surface area contributed by atoms with Gasteiger partial charge in [0.15, 0.2) is 5.11 Å². The number of anilines is 1. The lowest BCUT2D eigenvalue weighted by molar-refractivity contribution is -0.119. The summed E-state index contributed by atoms with van der Waals surface area (Å²) >= 11 is 5.01. The van der Waals surface area contributed by atoms with Gasteiger partial charge in [-0.3, -0.25) is 9.59 Å². The van der Waals surface area contributed by atoms with Crippen molar-refractivity contribution in [2.45, 2.75) is 39.7 Å². The molecule has 0 radical (unpaired) electrons. The van der Waals surface area contributed by atoms with Gasteiger partial charge in [0.1, 0.15) is 0 Å². The third-order valence-electron chi connectivity index (χ3n) is 2.47. The zero-order valence-electron chi connectivity index (χ0n) is 12.7. The normalized spacial score (nSPS) is 10.7. The first kappa shape index (κ1) is 17.1. The van der Waals surface area contributed by atoms with E-state index in [2.05, 4.69) is 16.0 Å². The number of thiocarbonyl (C=S) groups is 1. The van der Waals surface area contributed by atoms with E-state index in [9.17, 15) is 9.59 Å². The van der Waals surface area contributed by atoms with Crippen LogP contribution in [0.2, 0.25) is 0 Å². The maximum Gasteiger partial charge on any atom is 0.251 e. The molecular weight excluding hydrogens is 286 g/mol. The van der Waals surface area contributed by atoms with Crippen molar-refractivity contribution < 1.29 is 9.59 Å². The van der Waals surface area contributed by atoms with Crippen molar-refractivity contribution in [3.05, 3.63) is 29.8 Å². The van der Waals surface area contributed by atoms with Crippen LogP contribution in [0.4, 0.5) is 5.69 Å². The Morgan fingerprint density at radius 1 is 1.14 bits per heavy atom. The fraction of sp³-hybridized carbons (Fsp3) is 0.400. The standard InChI is InChI=1S/C15H21N3O2S/c1-5-12(19)17-14(21)16-11-8-6-10(7-9-11)13(20)18-15(2,3)4/h6-9H,5H2,1-4H3,(H,18,20)(H2,16,17,19,21). The Morgan fingerprint density at radius 3 is 2.19 bits per heavy atom. The number of rotatable bonds is 3. The minimum atomic E-state index is -0.278. The molecule has 0 unspecified atom stereocenters. The minimum Gasteiger partial charge on any atom is -0.347 e. The van der Waals surface area contributed by atoms with Crippen LogP contribution in [0.3, 0.4) is 0 Å². The Hall–Kier alpha value is -1.95. The average molecular weight is 307 g/mol. The van der Waals surface area contributed by atoms with E-state index in [0.29, 0.717) is 17.7 Å². The summed E-state index contributed by atoms with van der Waals surface area (Å²) in [5.74, 6) is -0.274. The largest absolute Gasteiger partial charge is 0.347 e. The summed E-state index contributed by atoms with van der Waals surface area (Å²) in [6.07, 6.45) is 0.369. The van der Waals surface area contributed by atoms with E-state index in [1.54, 1.807) is 31.2 Å². The number of hydrogen-bond acceptors (Lipinski definition) is 3. The Bertz CT molecular complexity index is 533. The lowest BCUT2D eigenvalue weighted by atomic mass is 10.1. The molecule has 0 saturated carbocycles. The van der Waals surface area contributed by atoms with Gasteiger partial charge in [-0.1, -0.05) is 6.92 Å². The molecule has 6 heteroatoms. The molecule has 114 valence electrons. The molecule has 0 bridgehead atoms. The molecule has 3 N–H and O–H groups in total. The molecule has 2 amide bonds. The summed E-state index contributed by atoms with van der Waals surface area (Å²) in [7, 11) is 0. The highest BCUT2D eigenvalue weighted by molar-refractivity contribution is 7.80. The first-order chi connectivity index (χ1) is 9.71. The lowest BCUT2D eigenvalue weighted by Crippen LogP contribution is -2.40. The van der Waals surface area contributed by atoms with Gasteiger partial charge in [-0.05, 0) is 57.3 Å². The lowest BCUT2D eigenvalue weighted by Gasteiger charge is -2.20. The molecule has 0 aliphatic heterocycles. The van der Waals surface area contributed by atoms with E-state index in [-0.39, 0.29) is 22.5 Å². The van der Waals surface area contributed by atoms with E-state index in [0.717, 1.165) is 0 Å². The van der Waals surface area contributed by atoms with E-state index in [1.807, 2.05) is 20.8 Å². The van der Waals surface area contributed by atoms with E-state index >= 15 is 0 Å². The van der Waals surface area contributed by atoms with Crippen molar-refractivity contribution in [2.24, 2.45) is 0 Å². The van der Waals surface area contributed by atoms with E-state index in [4.69, 9.17) is 12.2 Å². The number of carbonyl (C=O) groups excluding carboxylic acids is 2. The summed E-state index contributed by atoms with van der Waals surface area (Å²) in [4.78, 5) is 23.2. The van der Waals surface area contributed by atoms with Crippen LogP contribution in [-0.2, 0) is 4.79 Å². The van der Waals surface area contributed by atoms with Crippen molar-refractivity contribution in [1.82, 2.24) is 10.6 Å². The van der Waals surface area contributed by atoms with Gasteiger partial charge < -0.3 is 16.0 Å². The second-order valence-electron chi connectivity index (χ2n) is 5.64. The van der Waals surface area contributed by atoms with Crippen molar-refractivity contribution in [2.75, 3.05) is 5.32 Å². The summed E-state index contributed by atoms with van der Waals surface area (Å²) in [5, 5.41) is 8.57. The van der Waals surface area contributed by atoms with Gasteiger partial charge in [-0.15, -0.1) is 0 Å². The molecule has 0 aromatic heterocycles. The molecule has 1 aromatic rings. The summed E-state index contributed by atoms with van der Waals surface area (Å²) in [6, 6.07) is 6.88. The van der Waals surface area contributed by atoms with Crippen LogP contribution in [0.1, 0.15) is 44.5 Å². The first-order valence-corrected chi connectivity index (χ1v) is 7.15. The van der Waals surface area contributed by atoms with Crippen LogP contribution >= 0.6 is 12.2 Å². The second kappa shape index (κ2) is 7.17. The molecule has 21 heavy (non-hydrogen) atoms. The Balaban J connectivity index is 2.64. The number of nitrogens with one attached hydrogen (secondary N) is 3. The summed E-state index contributed by atoms with van der Waals surface area (Å²) < 4.78 is 0. The smallest absolute Gasteiger partial charge is 0.251 e. The van der Waals surface area contributed by atoms with Crippen molar-refractivity contribution in [1.29, 1.82) is 0 Å². The Morgan fingerprint density at radius 2 is 1.71 bits per heavy atom. The van der Waals surface area contributed by atoms with Crippen LogP contribution in [0.5, 0.6) is 0 Å². The predicted molar refractivity (Wildman–Crippen MR) is 88.3 cm³/mol. The van der Waals surface area contributed by atoms with Crippen molar-refractivity contribution in [3.8, 4) is 0 Å². The molecule has 0 spiro atoms. The van der Waals surface area contributed by atoms with Crippen molar-refractivity contribution >= 4 is 34.8 Å². The van der Waals surface area contributed by atoms with Crippen molar-refractivity contribution in [3.63, 3.8) is 0 Å². The molecule has 0 saturated heterocycles. The average Bonchev–Trinajstić information content (AvgIpc) is 2.37. The Kier molecular flexibility index (Phi) is 5.84. The van der Waals surface area contributed by atoms with Gasteiger partial charge in [-0.2, -0.15) is 0 Å². The highest BCUT2D eigenvalue weighted by atomic mass is 32.1. The number of amides is 2. The molecule has 0 atom stereocenters. The van der Waals surface area contributed by atoms with Crippen LogP contribution in [0.15, 0.2) is 24.3 Å². The molecule has 0 aliphatic rings. The fourth-order valence-corrected chi connectivity index (χ4v) is 1.73. The van der Waals surface area contributed by atoms with E-state index < -0.39 is 0 Å².